The Morgan fingerprint density at radius 3 is 2.68 bits per heavy atom. The van der Waals surface area contributed by atoms with Crippen LogP contribution < -0.4 is 9.47 Å². The smallest absolute Gasteiger partial charge is 0.472 e. The Bertz CT molecular complexity index is 1100. The molecule has 0 unspecified atom stereocenters. The van der Waals surface area contributed by atoms with E-state index in [0.29, 0.717) is 22.8 Å². The molecule has 142 valence electrons. The number of halogens is 3. The Hall–Kier alpha value is -3.62. The van der Waals surface area contributed by atoms with Crippen molar-refractivity contribution in [1.29, 1.82) is 0 Å². The first-order chi connectivity index (χ1) is 13.5. The highest BCUT2D eigenvalue weighted by atomic mass is 19.4. The van der Waals surface area contributed by atoms with E-state index >= 15 is 0 Å². The standard InChI is InChI=1S/C19H13F3N4O2/c20-19(21,22)28-15-5-1-4-14(9-15)16-11-24-17-6-7-18(25-26(16)17)27-12-13-3-2-8-23-10-13/h1-11H,12H2. The number of nitrogens with zero attached hydrogens (tertiary/aromatic N) is 4. The second kappa shape index (κ2) is 7.18. The van der Waals surface area contributed by atoms with Crippen LogP contribution in [0.1, 0.15) is 5.56 Å². The number of fused-ring (bicyclic) bond motifs is 1. The number of ether oxygens (including phenoxy) is 2. The van der Waals surface area contributed by atoms with Crippen molar-refractivity contribution < 1.29 is 22.6 Å². The van der Waals surface area contributed by atoms with Gasteiger partial charge < -0.3 is 9.47 Å². The van der Waals surface area contributed by atoms with Crippen LogP contribution in [-0.2, 0) is 6.61 Å². The minimum absolute atomic E-state index is 0.283. The second-order valence-electron chi connectivity index (χ2n) is 5.81. The summed E-state index contributed by atoms with van der Waals surface area (Å²) < 4.78 is 48.6. The van der Waals surface area contributed by atoms with Gasteiger partial charge in [0.05, 0.1) is 11.9 Å². The first-order valence-electron chi connectivity index (χ1n) is 8.21. The summed E-state index contributed by atoms with van der Waals surface area (Å²) in [7, 11) is 0. The molecule has 0 saturated carbocycles. The van der Waals surface area contributed by atoms with Gasteiger partial charge >= 0.3 is 6.36 Å². The van der Waals surface area contributed by atoms with E-state index in [1.54, 1.807) is 36.7 Å². The summed E-state index contributed by atoms with van der Waals surface area (Å²) in [5, 5.41) is 4.38. The molecule has 28 heavy (non-hydrogen) atoms. The van der Waals surface area contributed by atoms with Gasteiger partial charge in [-0.1, -0.05) is 18.2 Å². The third-order valence-corrected chi connectivity index (χ3v) is 3.81. The van der Waals surface area contributed by atoms with E-state index in [4.69, 9.17) is 4.74 Å². The first kappa shape index (κ1) is 17.8. The van der Waals surface area contributed by atoms with Gasteiger partial charge in [0.25, 0.3) is 0 Å². The zero-order valence-electron chi connectivity index (χ0n) is 14.3. The number of aromatic nitrogens is 4. The summed E-state index contributed by atoms with van der Waals surface area (Å²) >= 11 is 0. The predicted molar refractivity (Wildman–Crippen MR) is 93.7 cm³/mol. The number of benzene rings is 1. The summed E-state index contributed by atoms with van der Waals surface area (Å²) in [6.07, 6.45) is 0.124. The fourth-order valence-electron chi connectivity index (χ4n) is 2.62. The number of alkyl halides is 3. The third kappa shape index (κ3) is 4.03. The van der Waals surface area contributed by atoms with Crippen LogP contribution in [0, 0.1) is 0 Å². The van der Waals surface area contributed by atoms with Gasteiger partial charge in [-0.25, -0.2) is 9.50 Å². The zero-order chi connectivity index (χ0) is 19.6. The van der Waals surface area contributed by atoms with Crippen LogP contribution in [0.5, 0.6) is 11.6 Å². The normalized spacial score (nSPS) is 11.5. The molecule has 0 spiro atoms. The maximum Gasteiger partial charge on any atom is 0.573 e. The van der Waals surface area contributed by atoms with Crippen LogP contribution >= 0.6 is 0 Å². The largest absolute Gasteiger partial charge is 0.573 e. The van der Waals surface area contributed by atoms with E-state index in [2.05, 4.69) is 19.8 Å². The van der Waals surface area contributed by atoms with E-state index in [1.807, 2.05) is 6.07 Å². The zero-order valence-corrected chi connectivity index (χ0v) is 14.3. The molecule has 0 fully saturated rings. The van der Waals surface area contributed by atoms with Gasteiger partial charge in [0.1, 0.15) is 12.4 Å². The van der Waals surface area contributed by atoms with Crippen molar-refractivity contribution in [1.82, 2.24) is 19.6 Å². The van der Waals surface area contributed by atoms with Crippen molar-refractivity contribution >= 4 is 5.65 Å². The molecular formula is C19H13F3N4O2. The van der Waals surface area contributed by atoms with Gasteiger partial charge in [0, 0.05) is 29.6 Å². The van der Waals surface area contributed by atoms with Crippen molar-refractivity contribution in [3.05, 3.63) is 72.7 Å². The molecule has 0 aliphatic carbocycles. The van der Waals surface area contributed by atoms with Crippen molar-refractivity contribution in [2.24, 2.45) is 0 Å². The molecule has 6 nitrogen and oxygen atoms in total. The van der Waals surface area contributed by atoms with Gasteiger partial charge in [-0.15, -0.1) is 18.3 Å². The molecule has 0 bridgehead atoms. The molecule has 0 amide bonds. The predicted octanol–water partition coefficient (Wildman–Crippen LogP) is 4.27. The van der Waals surface area contributed by atoms with Crippen LogP contribution in [0.15, 0.2) is 67.1 Å². The average Bonchev–Trinajstić information content (AvgIpc) is 3.09. The Balaban J connectivity index is 1.62. The van der Waals surface area contributed by atoms with Crippen molar-refractivity contribution in [2.45, 2.75) is 13.0 Å². The van der Waals surface area contributed by atoms with E-state index in [9.17, 15) is 13.2 Å². The monoisotopic (exact) mass is 386 g/mol. The summed E-state index contributed by atoms with van der Waals surface area (Å²) in [5.74, 6) is 0.0298. The van der Waals surface area contributed by atoms with Gasteiger partial charge in [0.15, 0.2) is 5.65 Å². The molecule has 3 heterocycles. The van der Waals surface area contributed by atoms with Crippen molar-refractivity contribution in [3.63, 3.8) is 0 Å². The molecule has 0 N–H and O–H groups in total. The van der Waals surface area contributed by atoms with Crippen LogP contribution in [-0.4, -0.2) is 25.9 Å². The highest BCUT2D eigenvalue weighted by Crippen LogP contribution is 2.28. The molecule has 0 aliphatic rings. The van der Waals surface area contributed by atoms with E-state index in [1.165, 1.54) is 28.9 Å². The lowest BCUT2D eigenvalue weighted by Gasteiger charge is -2.10. The molecule has 4 aromatic rings. The summed E-state index contributed by atoms with van der Waals surface area (Å²) in [5.41, 5.74) is 2.40. The summed E-state index contributed by atoms with van der Waals surface area (Å²) in [6, 6.07) is 12.7. The molecule has 0 radical (unpaired) electrons. The van der Waals surface area contributed by atoms with E-state index < -0.39 is 6.36 Å². The molecule has 4 rings (SSSR count). The van der Waals surface area contributed by atoms with Crippen LogP contribution in [0.2, 0.25) is 0 Å². The Kier molecular flexibility index (Phi) is 4.56. The number of hydrogen-bond donors (Lipinski definition) is 0. The van der Waals surface area contributed by atoms with E-state index in [-0.39, 0.29) is 12.4 Å². The molecule has 3 aromatic heterocycles. The lowest BCUT2D eigenvalue weighted by Crippen LogP contribution is -2.17. The molecular weight excluding hydrogens is 373 g/mol. The quantitative estimate of drug-likeness (QED) is 0.513. The average molecular weight is 386 g/mol. The van der Waals surface area contributed by atoms with Crippen LogP contribution in [0.4, 0.5) is 13.2 Å². The third-order valence-electron chi connectivity index (χ3n) is 3.81. The van der Waals surface area contributed by atoms with E-state index in [0.717, 1.165) is 5.56 Å². The molecule has 0 atom stereocenters. The summed E-state index contributed by atoms with van der Waals surface area (Å²) in [4.78, 5) is 8.25. The molecule has 9 heteroatoms. The Morgan fingerprint density at radius 1 is 1.00 bits per heavy atom. The van der Waals surface area contributed by atoms with Crippen molar-refractivity contribution in [3.8, 4) is 22.9 Å². The van der Waals surface area contributed by atoms with Gasteiger partial charge in [0.2, 0.25) is 5.88 Å². The highest BCUT2D eigenvalue weighted by Gasteiger charge is 2.31. The second-order valence-corrected chi connectivity index (χ2v) is 5.81. The number of pyridine rings is 1. The maximum absolute atomic E-state index is 12.5. The molecule has 0 saturated heterocycles. The van der Waals surface area contributed by atoms with Gasteiger partial charge in [-0.2, -0.15) is 0 Å². The maximum atomic E-state index is 12.5. The van der Waals surface area contributed by atoms with Crippen LogP contribution in [0.3, 0.4) is 0 Å². The van der Waals surface area contributed by atoms with Gasteiger partial charge in [-0.3, -0.25) is 4.98 Å². The fourth-order valence-corrected chi connectivity index (χ4v) is 2.62. The number of imidazole rings is 1. The SMILES string of the molecule is FC(F)(F)Oc1cccc(-c2cnc3ccc(OCc4cccnc4)nn23)c1. The lowest BCUT2D eigenvalue weighted by molar-refractivity contribution is -0.274. The van der Waals surface area contributed by atoms with Crippen molar-refractivity contribution in [2.75, 3.05) is 0 Å². The lowest BCUT2D eigenvalue weighted by atomic mass is 10.1. The fraction of sp³-hybridized carbons (Fsp3) is 0.105. The summed E-state index contributed by atoms with van der Waals surface area (Å²) in [6.45, 7) is 0.283. The topological polar surface area (TPSA) is 61.5 Å². The Morgan fingerprint density at radius 2 is 1.89 bits per heavy atom. The minimum atomic E-state index is -4.76. The first-order valence-corrected chi connectivity index (χ1v) is 8.21. The minimum Gasteiger partial charge on any atom is -0.472 e. The number of rotatable bonds is 5. The highest BCUT2D eigenvalue weighted by molar-refractivity contribution is 5.64. The van der Waals surface area contributed by atoms with Crippen LogP contribution in [0.25, 0.3) is 16.9 Å². The Labute approximate surface area is 157 Å². The van der Waals surface area contributed by atoms with Gasteiger partial charge in [-0.05, 0) is 24.3 Å². The number of hydrogen-bond acceptors (Lipinski definition) is 5. The molecule has 0 aliphatic heterocycles. The molecule has 1 aromatic carbocycles.